The summed E-state index contributed by atoms with van der Waals surface area (Å²) in [6.07, 6.45) is 1.81. The first-order chi connectivity index (χ1) is 20.9. The first kappa shape index (κ1) is 29.3. The third kappa shape index (κ3) is 5.52. The number of benzene rings is 3. The van der Waals surface area contributed by atoms with Crippen molar-refractivity contribution < 1.29 is 24.2 Å². The summed E-state index contributed by atoms with van der Waals surface area (Å²) >= 11 is 1.62. The Morgan fingerprint density at radius 3 is 2.33 bits per heavy atom. The van der Waals surface area contributed by atoms with Gasteiger partial charge in [0.2, 0.25) is 17.7 Å². The van der Waals surface area contributed by atoms with Crippen LogP contribution >= 0.6 is 11.8 Å². The molecule has 2 bridgehead atoms. The van der Waals surface area contributed by atoms with E-state index in [1.165, 1.54) is 0 Å². The summed E-state index contributed by atoms with van der Waals surface area (Å²) in [5.74, 6) is -1.20. The van der Waals surface area contributed by atoms with E-state index in [4.69, 9.17) is 4.74 Å². The fraction of sp³-hybridized carbons (Fsp3) is 0.382. The third-order valence-electron chi connectivity index (χ3n) is 8.95. The van der Waals surface area contributed by atoms with Crippen LogP contribution < -0.4 is 15.4 Å². The van der Waals surface area contributed by atoms with Gasteiger partial charge in [-0.05, 0) is 61.6 Å². The van der Waals surface area contributed by atoms with E-state index < -0.39 is 28.7 Å². The Kier molecular flexibility index (Phi) is 8.45. The molecule has 9 heteroatoms. The Labute approximate surface area is 256 Å². The number of ether oxygens (including phenoxy) is 1. The summed E-state index contributed by atoms with van der Waals surface area (Å²) < 4.78 is 4.78. The molecule has 3 aromatic rings. The van der Waals surface area contributed by atoms with Crippen molar-refractivity contribution in [2.45, 2.75) is 54.8 Å². The van der Waals surface area contributed by atoms with E-state index in [0.717, 1.165) is 23.3 Å². The van der Waals surface area contributed by atoms with Gasteiger partial charge < -0.3 is 25.4 Å². The molecule has 3 aromatic carbocycles. The molecular weight excluding hydrogens is 562 g/mol. The van der Waals surface area contributed by atoms with Crippen LogP contribution in [0.5, 0.6) is 5.75 Å². The minimum atomic E-state index is -0.798. The average Bonchev–Trinajstić information content (AvgIpc) is 3.68. The first-order valence-corrected chi connectivity index (χ1v) is 15.8. The number of thioether (sulfide) groups is 1. The lowest BCUT2D eigenvalue weighted by Crippen LogP contribution is -2.56. The van der Waals surface area contributed by atoms with Crippen molar-refractivity contribution in [3.05, 3.63) is 96.1 Å². The van der Waals surface area contributed by atoms with Crippen molar-refractivity contribution in [2.24, 2.45) is 11.8 Å². The van der Waals surface area contributed by atoms with Crippen LogP contribution in [0.25, 0.3) is 0 Å². The summed E-state index contributed by atoms with van der Waals surface area (Å²) in [5.41, 5.74) is 2.56. The van der Waals surface area contributed by atoms with Crippen LogP contribution in [0.15, 0.2) is 84.9 Å². The van der Waals surface area contributed by atoms with Gasteiger partial charge in [0.15, 0.2) is 0 Å². The normalized spacial score (nSPS) is 26.2. The van der Waals surface area contributed by atoms with Crippen molar-refractivity contribution in [1.29, 1.82) is 0 Å². The van der Waals surface area contributed by atoms with Crippen molar-refractivity contribution in [1.82, 2.24) is 10.2 Å². The molecule has 0 saturated carbocycles. The standard InChI is InChI=1S/C34H37N3O5S/c1-2-42-26-15-13-24(14-16-26)36-31(39)28-27-17-18-34(43-27)29(28)33(41)37(25(21-38)19-22-9-5-3-6-10-22)30(34)32(40)35-20-23-11-7-4-8-12-23/h3-16,25,27-30,38H,2,17-21H2,1H3,(H,35,40)(H,36,39)/t25-,27+,28-,29+,30?,34?/m1/s1. The van der Waals surface area contributed by atoms with Crippen LogP contribution in [0, 0.1) is 11.8 Å². The Morgan fingerprint density at radius 1 is 1.00 bits per heavy atom. The van der Waals surface area contributed by atoms with Gasteiger partial charge in [-0.3, -0.25) is 14.4 Å². The van der Waals surface area contributed by atoms with Gasteiger partial charge in [0, 0.05) is 17.5 Å². The van der Waals surface area contributed by atoms with Crippen LogP contribution in [0.1, 0.15) is 30.9 Å². The van der Waals surface area contributed by atoms with E-state index >= 15 is 0 Å². The smallest absolute Gasteiger partial charge is 0.244 e. The largest absolute Gasteiger partial charge is 0.494 e. The number of hydrogen-bond acceptors (Lipinski definition) is 6. The first-order valence-electron chi connectivity index (χ1n) is 15.0. The fourth-order valence-electron chi connectivity index (χ4n) is 7.13. The van der Waals surface area contributed by atoms with Gasteiger partial charge in [-0.1, -0.05) is 60.7 Å². The van der Waals surface area contributed by atoms with Crippen molar-refractivity contribution >= 4 is 35.2 Å². The summed E-state index contributed by atoms with van der Waals surface area (Å²) in [6, 6.07) is 25.1. The SMILES string of the molecule is CCOc1ccc(NC(=O)[C@@H]2[C@@H]3CCC4(S3)C(C(=O)NCc3ccccc3)N([C@@H](CO)Cc3ccccc3)C(=O)[C@H]24)cc1. The highest BCUT2D eigenvalue weighted by Crippen LogP contribution is 2.66. The second kappa shape index (κ2) is 12.4. The van der Waals surface area contributed by atoms with E-state index in [9.17, 15) is 19.5 Å². The number of likely N-dealkylation sites (tertiary alicyclic amines) is 1. The molecule has 3 fully saturated rings. The zero-order valence-corrected chi connectivity index (χ0v) is 25.0. The monoisotopic (exact) mass is 599 g/mol. The van der Waals surface area contributed by atoms with Crippen LogP contribution in [-0.4, -0.2) is 63.0 Å². The molecule has 3 heterocycles. The van der Waals surface area contributed by atoms with E-state index in [1.807, 2.05) is 67.6 Å². The molecule has 43 heavy (non-hydrogen) atoms. The van der Waals surface area contributed by atoms with Crippen LogP contribution in [0.3, 0.4) is 0 Å². The van der Waals surface area contributed by atoms with Gasteiger partial charge >= 0.3 is 0 Å². The van der Waals surface area contributed by atoms with Crippen LogP contribution in [-0.2, 0) is 27.3 Å². The van der Waals surface area contributed by atoms with E-state index in [1.54, 1.807) is 40.9 Å². The summed E-state index contributed by atoms with van der Waals surface area (Å²) in [7, 11) is 0. The quantitative estimate of drug-likeness (QED) is 0.307. The molecule has 3 N–H and O–H groups in total. The second-order valence-corrected chi connectivity index (χ2v) is 13.1. The van der Waals surface area contributed by atoms with Crippen LogP contribution in [0.4, 0.5) is 5.69 Å². The van der Waals surface area contributed by atoms with E-state index in [-0.39, 0.29) is 29.6 Å². The second-order valence-electron chi connectivity index (χ2n) is 11.5. The maximum Gasteiger partial charge on any atom is 0.244 e. The number of rotatable bonds is 11. The molecule has 3 aliphatic heterocycles. The van der Waals surface area contributed by atoms with Gasteiger partial charge in [-0.2, -0.15) is 0 Å². The van der Waals surface area contributed by atoms with Gasteiger partial charge in [-0.15, -0.1) is 11.8 Å². The molecule has 3 saturated heterocycles. The lowest BCUT2D eigenvalue weighted by atomic mass is 9.70. The Hall–Kier alpha value is -3.82. The van der Waals surface area contributed by atoms with Gasteiger partial charge in [-0.25, -0.2) is 0 Å². The van der Waals surface area contributed by atoms with Crippen LogP contribution in [0.2, 0.25) is 0 Å². The number of hydrogen-bond donors (Lipinski definition) is 3. The Morgan fingerprint density at radius 2 is 1.67 bits per heavy atom. The van der Waals surface area contributed by atoms with E-state index in [2.05, 4.69) is 10.6 Å². The summed E-state index contributed by atoms with van der Waals surface area (Å²) in [5, 5.41) is 16.7. The lowest BCUT2D eigenvalue weighted by molar-refractivity contribution is -0.142. The molecule has 6 rings (SSSR count). The summed E-state index contributed by atoms with van der Waals surface area (Å²) in [6.45, 7) is 2.51. The zero-order chi connectivity index (χ0) is 30.0. The van der Waals surface area contributed by atoms with E-state index in [0.29, 0.717) is 31.7 Å². The van der Waals surface area contributed by atoms with Gasteiger partial charge in [0.05, 0.1) is 35.8 Å². The molecule has 0 radical (unpaired) electrons. The Bertz CT molecular complexity index is 1450. The molecule has 3 amide bonds. The third-order valence-corrected chi connectivity index (χ3v) is 10.9. The number of carbonyl (C=O) groups is 3. The number of fused-ring (bicyclic) bond motifs is 1. The molecular formula is C34H37N3O5S. The van der Waals surface area contributed by atoms with Crippen molar-refractivity contribution in [3.63, 3.8) is 0 Å². The molecule has 6 atom stereocenters. The number of anilines is 1. The molecule has 0 aromatic heterocycles. The fourth-order valence-corrected chi connectivity index (χ4v) is 9.34. The van der Waals surface area contributed by atoms with Crippen molar-refractivity contribution in [2.75, 3.05) is 18.5 Å². The molecule has 2 unspecified atom stereocenters. The van der Waals surface area contributed by atoms with Crippen molar-refractivity contribution in [3.8, 4) is 5.75 Å². The number of carbonyl (C=O) groups excluding carboxylic acids is 3. The molecule has 0 aliphatic carbocycles. The number of nitrogens with one attached hydrogen (secondary N) is 2. The van der Waals surface area contributed by atoms with Gasteiger partial charge in [0.1, 0.15) is 11.8 Å². The highest BCUT2D eigenvalue weighted by atomic mass is 32.2. The topological polar surface area (TPSA) is 108 Å². The maximum atomic E-state index is 14.5. The predicted octanol–water partition coefficient (Wildman–Crippen LogP) is 4.04. The highest BCUT2D eigenvalue weighted by molar-refractivity contribution is 8.02. The maximum absolute atomic E-state index is 14.5. The Balaban J connectivity index is 1.30. The summed E-state index contributed by atoms with van der Waals surface area (Å²) in [4.78, 5) is 44.0. The molecule has 224 valence electrons. The minimum Gasteiger partial charge on any atom is -0.494 e. The number of aliphatic hydroxyl groups excluding tert-OH is 1. The molecule has 1 spiro atoms. The van der Waals surface area contributed by atoms with Gasteiger partial charge in [0.25, 0.3) is 0 Å². The molecule has 8 nitrogen and oxygen atoms in total. The highest BCUT2D eigenvalue weighted by Gasteiger charge is 2.74. The molecule has 3 aliphatic rings. The zero-order valence-electron chi connectivity index (χ0n) is 24.1. The number of aliphatic hydroxyl groups is 1. The predicted molar refractivity (Wildman–Crippen MR) is 167 cm³/mol. The lowest BCUT2D eigenvalue weighted by Gasteiger charge is -2.37. The average molecular weight is 600 g/mol. The number of nitrogens with zero attached hydrogens (tertiary/aromatic N) is 1. The number of amides is 3. The minimum absolute atomic E-state index is 0.0649.